The summed E-state index contributed by atoms with van der Waals surface area (Å²) >= 11 is 0. The monoisotopic (exact) mass is 644 g/mol. The second-order valence-electron chi connectivity index (χ2n) is 12.3. The van der Waals surface area contributed by atoms with Crippen molar-refractivity contribution in [3.8, 4) is 56.5 Å². The first-order valence-electron chi connectivity index (χ1n) is 17.3. The second kappa shape index (κ2) is 15.9. The zero-order valence-electron chi connectivity index (χ0n) is 29.8. The Balaban J connectivity index is 1.55. The van der Waals surface area contributed by atoms with E-state index in [2.05, 4.69) is 77.9 Å². The first-order valence-corrected chi connectivity index (χ1v) is 17.3. The summed E-state index contributed by atoms with van der Waals surface area (Å²) < 4.78 is 12.0. The van der Waals surface area contributed by atoms with E-state index in [1.807, 2.05) is 12.4 Å². The fourth-order valence-corrected chi connectivity index (χ4v) is 6.25. The number of hydrogen-bond acceptors (Lipinski definition) is 8. The maximum atomic E-state index is 5.99. The first kappa shape index (κ1) is 34.6. The summed E-state index contributed by atoms with van der Waals surface area (Å²) in [6.07, 6.45) is 11.5. The molecule has 3 aromatic heterocycles. The topological polar surface area (TPSA) is 95.8 Å². The predicted octanol–water partition coefficient (Wildman–Crippen LogP) is 9.17. The van der Waals surface area contributed by atoms with Gasteiger partial charge in [0.25, 0.3) is 0 Å². The number of nitrogens with zero attached hydrogens (tertiary/aromatic N) is 6. The molecule has 0 fully saturated rings. The molecule has 0 amide bonds. The maximum absolute atomic E-state index is 5.99. The van der Waals surface area contributed by atoms with Crippen LogP contribution in [0.15, 0.2) is 48.8 Å². The van der Waals surface area contributed by atoms with E-state index >= 15 is 0 Å². The third-order valence-corrected chi connectivity index (χ3v) is 8.59. The van der Waals surface area contributed by atoms with Gasteiger partial charge in [0.2, 0.25) is 0 Å². The quantitative estimate of drug-likeness (QED) is 0.118. The number of benzene rings is 2. The van der Waals surface area contributed by atoms with Crippen molar-refractivity contribution in [2.24, 2.45) is 0 Å². The lowest BCUT2D eigenvalue weighted by Gasteiger charge is -2.18. The molecule has 5 aromatic rings. The smallest absolute Gasteiger partial charge is 0.191 e. The van der Waals surface area contributed by atoms with Crippen LogP contribution in [-0.2, 0) is 25.7 Å². The molecular formula is C40H48N6O2. The lowest BCUT2D eigenvalue weighted by molar-refractivity contribution is 0.353. The first-order chi connectivity index (χ1) is 23.4. The van der Waals surface area contributed by atoms with E-state index in [1.54, 1.807) is 14.2 Å². The zero-order valence-corrected chi connectivity index (χ0v) is 29.8. The van der Waals surface area contributed by atoms with Gasteiger partial charge in [-0.3, -0.25) is 9.97 Å². The van der Waals surface area contributed by atoms with Crippen LogP contribution in [0.25, 0.3) is 45.0 Å². The Morgan fingerprint density at radius 3 is 1.25 bits per heavy atom. The third kappa shape index (κ3) is 7.23. The van der Waals surface area contributed by atoms with Crippen molar-refractivity contribution in [2.75, 3.05) is 14.2 Å². The average Bonchev–Trinajstić information content (AvgIpc) is 3.09. The second-order valence-corrected chi connectivity index (χ2v) is 12.3. The molecule has 0 unspecified atom stereocenters. The molecule has 0 saturated carbocycles. The minimum atomic E-state index is 0.543. The molecule has 8 heteroatoms. The number of aromatic nitrogens is 6. The van der Waals surface area contributed by atoms with Crippen molar-refractivity contribution < 1.29 is 9.47 Å². The van der Waals surface area contributed by atoms with Crippen LogP contribution in [0.2, 0.25) is 0 Å². The molecular weight excluding hydrogens is 596 g/mol. The highest BCUT2D eigenvalue weighted by Gasteiger charge is 2.24. The van der Waals surface area contributed by atoms with Gasteiger partial charge in [0.15, 0.2) is 11.5 Å². The van der Waals surface area contributed by atoms with Gasteiger partial charge in [-0.05, 0) is 62.8 Å². The highest BCUT2D eigenvalue weighted by Crippen LogP contribution is 2.44. The third-order valence-electron chi connectivity index (χ3n) is 8.59. The average molecular weight is 645 g/mol. The van der Waals surface area contributed by atoms with E-state index < -0.39 is 0 Å². The molecule has 0 spiro atoms. The van der Waals surface area contributed by atoms with E-state index in [0.717, 1.165) is 119 Å². The Bertz CT molecular complexity index is 1750. The van der Waals surface area contributed by atoms with Gasteiger partial charge in [-0.15, -0.1) is 10.2 Å². The van der Waals surface area contributed by atoms with E-state index in [-0.39, 0.29) is 0 Å². The fraction of sp³-hybridized carbons (Fsp3) is 0.400. The van der Waals surface area contributed by atoms with Gasteiger partial charge in [-0.25, -0.2) is 9.97 Å². The molecule has 48 heavy (non-hydrogen) atoms. The minimum absolute atomic E-state index is 0.543. The van der Waals surface area contributed by atoms with Crippen molar-refractivity contribution in [3.63, 3.8) is 0 Å². The van der Waals surface area contributed by atoms with Gasteiger partial charge >= 0.3 is 0 Å². The molecule has 3 heterocycles. The highest BCUT2D eigenvalue weighted by atomic mass is 16.5. The van der Waals surface area contributed by atoms with Gasteiger partial charge in [0.1, 0.15) is 11.4 Å². The van der Waals surface area contributed by atoms with Crippen LogP contribution < -0.4 is 9.47 Å². The normalized spacial score (nSPS) is 11.2. The molecule has 0 radical (unpaired) electrons. The summed E-state index contributed by atoms with van der Waals surface area (Å²) in [4.78, 5) is 19.6. The summed E-state index contributed by atoms with van der Waals surface area (Å²) in [6, 6.07) is 12.6. The van der Waals surface area contributed by atoms with Crippen LogP contribution in [0.4, 0.5) is 0 Å². The van der Waals surface area contributed by atoms with Crippen LogP contribution in [0, 0.1) is 13.8 Å². The molecule has 5 rings (SSSR count). The van der Waals surface area contributed by atoms with Gasteiger partial charge in [0.05, 0.1) is 48.4 Å². The van der Waals surface area contributed by atoms with Crippen molar-refractivity contribution in [3.05, 3.63) is 82.7 Å². The molecule has 2 aromatic carbocycles. The lowest BCUT2D eigenvalue weighted by Crippen LogP contribution is -2.04. The Kier molecular flexibility index (Phi) is 11.5. The summed E-state index contributed by atoms with van der Waals surface area (Å²) in [5.74, 6) is 1.09. The molecule has 0 bridgehead atoms. The highest BCUT2D eigenvalue weighted by molar-refractivity contribution is 5.82. The maximum Gasteiger partial charge on any atom is 0.191 e. The molecule has 250 valence electrons. The van der Waals surface area contributed by atoms with Crippen LogP contribution in [-0.4, -0.2) is 44.4 Å². The van der Waals surface area contributed by atoms with Crippen LogP contribution >= 0.6 is 0 Å². The Morgan fingerprint density at radius 1 is 0.521 bits per heavy atom. The van der Waals surface area contributed by atoms with E-state index in [4.69, 9.17) is 39.6 Å². The van der Waals surface area contributed by atoms with Crippen LogP contribution in [0.5, 0.6) is 11.5 Å². The molecule has 0 atom stereocenters. The van der Waals surface area contributed by atoms with E-state index in [9.17, 15) is 0 Å². The Labute approximate surface area is 285 Å². The standard InChI is InChI=1S/C40H48N6O2/c1-9-13-29-23-41-33(15-11-3)35(43-29)27-17-19-31(25(5)21-27)37-39(47-7)40(48-8)38(46-45-37)32-20-18-28(22-26(32)6)36-34(16-12-4)42-24-30(44-36)14-10-2/h17-24H,9-16H2,1-8H3. The fourth-order valence-electron chi connectivity index (χ4n) is 6.25. The molecule has 0 N–H and O–H groups in total. The van der Waals surface area contributed by atoms with Crippen molar-refractivity contribution in [1.82, 2.24) is 30.1 Å². The number of ether oxygens (including phenoxy) is 2. The van der Waals surface area contributed by atoms with Gasteiger partial charge in [-0.1, -0.05) is 77.6 Å². The number of hydrogen-bond donors (Lipinski definition) is 0. The van der Waals surface area contributed by atoms with Crippen molar-refractivity contribution in [2.45, 2.75) is 92.9 Å². The Hall–Kier alpha value is -4.72. The molecule has 0 aliphatic heterocycles. The SMILES string of the molecule is CCCc1cnc(CCC)c(-c2ccc(-c3nnc(-c4ccc(-c5nc(CCC)cnc5CCC)cc4C)c(OC)c3OC)c(C)c2)n1. The zero-order chi connectivity index (χ0) is 34.2. The Morgan fingerprint density at radius 2 is 0.917 bits per heavy atom. The predicted molar refractivity (Wildman–Crippen MR) is 194 cm³/mol. The van der Waals surface area contributed by atoms with E-state index in [1.165, 1.54) is 0 Å². The van der Waals surface area contributed by atoms with Gasteiger partial charge in [0, 0.05) is 34.6 Å². The number of rotatable bonds is 14. The summed E-state index contributed by atoms with van der Waals surface area (Å²) in [7, 11) is 3.30. The molecule has 8 nitrogen and oxygen atoms in total. The van der Waals surface area contributed by atoms with Gasteiger partial charge < -0.3 is 9.47 Å². The van der Waals surface area contributed by atoms with Crippen LogP contribution in [0.3, 0.4) is 0 Å². The van der Waals surface area contributed by atoms with Gasteiger partial charge in [-0.2, -0.15) is 0 Å². The largest absolute Gasteiger partial charge is 0.491 e. The van der Waals surface area contributed by atoms with Crippen molar-refractivity contribution >= 4 is 0 Å². The molecule has 0 aliphatic carbocycles. The minimum Gasteiger partial charge on any atom is -0.491 e. The summed E-state index contributed by atoms with van der Waals surface area (Å²) in [6.45, 7) is 12.8. The summed E-state index contributed by atoms with van der Waals surface area (Å²) in [5, 5.41) is 9.48. The van der Waals surface area contributed by atoms with Crippen LogP contribution in [0.1, 0.15) is 87.3 Å². The summed E-state index contributed by atoms with van der Waals surface area (Å²) in [5.41, 5.74) is 13.2. The number of aryl methyl sites for hydroxylation is 6. The molecule has 0 saturated heterocycles. The molecule has 0 aliphatic rings. The number of methoxy groups -OCH3 is 2. The van der Waals surface area contributed by atoms with E-state index in [0.29, 0.717) is 22.9 Å². The van der Waals surface area contributed by atoms with Crippen molar-refractivity contribution in [1.29, 1.82) is 0 Å². The lowest BCUT2D eigenvalue weighted by atomic mass is 9.96.